The molecule has 1 heterocycles. The van der Waals surface area contributed by atoms with Crippen LogP contribution in [0.2, 0.25) is 0 Å². The zero-order valence-electron chi connectivity index (χ0n) is 20.5. The van der Waals surface area contributed by atoms with Crippen LogP contribution in [0.15, 0.2) is 42.5 Å². The number of fused-ring (bicyclic) bond motifs is 1. The highest BCUT2D eigenvalue weighted by atomic mass is 19.1. The molecule has 2 saturated carbocycles. The molecule has 2 atom stereocenters. The number of ether oxygens (including phenoxy) is 1. The monoisotopic (exact) mass is 478 g/mol. The van der Waals surface area contributed by atoms with E-state index in [9.17, 15) is 14.0 Å². The number of halogens is 1. The van der Waals surface area contributed by atoms with Crippen LogP contribution >= 0.6 is 0 Å². The first-order valence-corrected chi connectivity index (χ1v) is 13.2. The van der Waals surface area contributed by atoms with E-state index in [1.165, 1.54) is 25.0 Å². The Bertz CT molecular complexity index is 1060. The fraction of sp³-hybridized carbons (Fsp3) is 0.517. The minimum atomic E-state index is -0.559. The third-order valence-electron chi connectivity index (χ3n) is 7.72. The molecule has 0 spiro atoms. The molecule has 2 aromatic carbocycles. The first-order valence-electron chi connectivity index (χ1n) is 13.2. The van der Waals surface area contributed by atoms with Crippen molar-refractivity contribution in [3.8, 4) is 5.75 Å². The van der Waals surface area contributed by atoms with Gasteiger partial charge >= 0.3 is 0 Å². The molecule has 3 aliphatic rings. The van der Waals surface area contributed by atoms with Crippen LogP contribution < -0.4 is 10.1 Å². The van der Waals surface area contributed by atoms with Crippen LogP contribution in [0.1, 0.15) is 74.6 Å². The van der Waals surface area contributed by atoms with Gasteiger partial charge in [0.1, 0.15) is 11.6 Å². The summed E-state index contributed by atoms with van der Waals surface area (Å²) in [6.45, 7) is 3.31. The predicted octanol–water partition coefficient (Wildman–Crippen LogP) is 5.17. The van der Waals surface area contributed by atoms with Gasteiger partial charge in [0, 0.05) is 19.0 Å². The van der Waals surface area contributed by atoms with Crippen molar-refractivity contribution in [1.82, 2.24) is 10.2 Å². The van der Waals surface area contributed by atoms with Gasteiger partial charge in [-0.3, -0.25) is 9.59 Å². The van der Waals surface area contributed by atoms with Crippen LogP contribution in [0.5, 0.6) is 5.75 Å². The second-order valence-electron chi connectivity index (χ2n) is 10.3. The molecule has 0 unspecified atom stereocenters. The van der Waals surface area contributed by atoms with Crippen LogP contribution in [0.4, 0.5) is 4.39 Å². The van der Waals surface area contributed by atoms with E-state index in [4.69, 9.17) is 4.74 Å². The summed E-state index contributed by atoms with van der Waals surface area (Å²) in [6.07, 6.45) is 7.23. The lowest BCUT2D eigenvalue weighted by Gasteiger charge is -2.39. The van der Waals surface area contributed by atoms with Gasteiger partial charge in [0.05, 0.1) is 6.04 Å². The number of benzene rings is 2. The van der Waals surface area contributed by atoms with Crippen molar-refractivity contribution in [2.45, 2.75) is 70.4 Å². The molecule has 0 aromatic heterocycles. The molecule has 0 bridgehead atoms. The Kier molecular flexibility index (Phi) is 7.07. The van der Waals surface area contributed by atoms with Gasteiger partial charge in [-0.15, -0.1) is 0 Å². The van der Waals surface area contributed by atoms with Gasteiger partial charge < -0.3 is 15.0 Å². The second-order valence-corrected chi connectivity index (χ2v) is 10.3. The van der Waals surface area contributed by atoms with Crippen molar-refractivity contribution in [3.05, 3.63) is 65.0 Å². The average molecular weight is 479 g/mol. The molecule has 0 radical (unpaired) electrons. The quantitative estimate of drug-likeness (QED) is 0.569. The number of rotatable bonds is 8. The van der Waals surface area contributed by atoms with E-state index in [0.717, 1.165) is 48.8 Å². The van der Waals surface area contributed by atoms with E-state index >= 15 is 0 Å². The molecule has 2 aromatic rings. The van der Waals surface area contributed by atoms with Crippen molar-refractivity contribution >= 4 is 11.8 Å². The first kappa shape index (κ1) is 23.8. The number of amides is 2. The topological polar surface area (TPSA) is 58.6 Å². The molecule has 0 saturated heterocycles. The highest BCUT2D eigenvalue weighted by Gasteiger charge is 2.36. The van der Waals surface area contributed by atoms with Crippen LogP contribution in [-0.2, 0) is 16.0 Å². The van der Waals surface area contributed by atoms with Crippen molar-refractivity contribution in [2.75, 3.05) is 13.1 Å². The molecule has 2 aliphatic carbocycles. The van der Waals surface area contributed by atoms with Crippen LogP contribution in [0, 0.1) is 17.7 Å². The SMILES string of the molecule is CC[C@H](Oc1ccc2c(c1)[C@@H](c1ccc(F)cc1)N(C(=O)C1CCCC1)CC2)C(=O)NCC1CC1. The van der Waals surface area contributed by atoms with Gasteiger partial charge in [0.2, 0.25) is 5.91 Å². The summed E-state index contributed by atoms with van der Waals surface area (Å²) in [5.74, 6) is 1.13. The van der Waals surface area contributed by atoms with Gasteiger partial charge in [-0.25, -0.2) is 4.39 Å². The summed E-state index contributed by atoms with van der Waals surface area (Å²) >= 11 is 0. The van der Waals surface area contributed by atoms with E-state index in [2.05, 4.69) is 5.32 Å². The van der Waals surface area contributed by atoms with E-state index in [1.807, 2.05) is 30.0 Å². The fourth-order valence-electron chi connectivity index (χ4n) is 5.48. The van der Waals surface area contributed by atoms with Gasteiger partial charge in [-0.2, -0.15) is 0 Å². The molecule has 1 aliphatic heterocycles. The van der Waals surface area contributed by atoms with Crippen molar-refractivity contribution in [3.63, 3.8) is 0 Å². The molecule has 6 heteroatoms. The lowest BCUT2D eigenvalue weighted by atomic mass is 9.87. The van der Waals surface area contributed by atoms with Gasteiger partial charge in [0.15, 0.2) is 6.10 Å². The highest BCUT2D eigenvalue weighted by molar-refractivity contribution is 5.81. The minimum absolute atomic E-state index is 0.0681. The minimum Gasteiger partial charge on any atom is -0.481 e. The van der Waals surface area contributed by atoms with E-state index in [1.54, 1.807) is 12.1 Å². The Morgan fingerprint density at radius 2 is 1.83 bits per heavy atom. The maximum atomic E-state index is 13.8. The number of hydrogen-bond donors (Lipinski definition) is 1. The Morgan fingerprint density at radius 3 is 2.51 bits per heavy atom. The summed E-state index contributed by atoms with van der Waals surface area (Å²) in [5.41, 5.74) is 3.05. The molecule has 35 heavy (non-hydrogen) atoms. The number of carbonyl (C=O) groups excluding carboxylic acids is 2. The number of carbonyl (C=O) groups is 2. The van der Waals surface area contributed by atoms with Crippen molar-refractivity contribution in [1.29, 1.82) is 0 Å². The van der Waals surface area contributed by atoms with Crippen LogP contribution in [0.25, 0.3) is 0 Å². The fourth-order valence-corrected chi connectivity index (χ4v) is 5.48. The molecule has 186 valence electrons. The zero-order valence-corrected chi connectivity index (χ0v) is 20.5. The molecule has 5 nitrogen and oxygen atoms in total. The Labute approximate surface area is 207 Å². The summed E-state index contributed by atoms with van der Waals surface area (Å²) < 4.78 is 19.9. The van der Waals surface area contributed by atoms with E-state index in [-0.39, 0.29) is 29.6 Å². The largest absolute Gasteiger partial charge is 0.481 e. The van der Waals surface area contributed by atoms with Gasteiger partial charge in [-0.1, -0.05) is 38.0 Å². The lowest BCUT2D eigenvalue weighted by Crippen LogP contribution is -2.43. The maximum Gasteiger partial charge on any atom is 0.261 e. The van der Waals surface area contributed by atoms with Gasteiger partial charge in [0.25, 0.3) is 5.91 Å². The van der Waals surface area contributed by atoms with E-state index in [0.29, 0.717) is 31.2 Å². The number of hydrogen-bond acceptors (Lipinski definition) is 3. The van der Waals surface area contributed by atoms with Crippen LogP contribution in [0.3, 0.4) is 0 Å². The zero-order chi connectivity index (χ0) is 24.4. The first-order chi connectivity index (χ1) is 17.0. The average Bonchev–Trinajstić information content (AvgIpc) is 3.55. The number of nitrogens with zero attached hydrogens (tertiary/aromatic N) is 1. The second kappa shape index (κ2) is 10.4. The summed E-state index contributed by atoms with van der Waals surface area (Å²) in [6, 6.07) is 12.1. The highest BCUT2D eigenvalue weighted by Crippen LogP contribution is 2.40. The van der Waals surface area contributed by atoms with Gasteiger partial charge in [-0.05, 0) is 85.4 Å². The van der Waals surface area contributed by atoms with E-state index < -0.39 is 6.10 Å². The molecular weight excluding hydrogens is 443 g/mol. The van der Waals surface area contributed by atoms with Crippen molar-refractivity contribution in [2.24, 2.45) is 11.8 Å². The lowest BCUT2D eigenvalue weighted by molar-refractivity contribution is -0.137. The number of nitrogens with one attached hydrogen (secondary N) is 1. The molecule has 5 rings (SSSR count). The molecule has 2 fully saturated rings. The smallest absolute Gasteiger partial charge is 0.261 e. The molecular formula is C29H35FN2O3. The maximum absolute atomic E-state index is 13.8. The third kappa shape index (κ3) is 5.36. The standard InChI is InChI=1S/C29H35FN2O3/c1-2-26(28(33)31-18-19-7-8-19)35-24-14-11-20-15-16-32(29(34)22-5-3-4-6-22)27(25(20)17-24)21-9-12-23(30)13-10-21/h9-14,17,19,22,26-27H,2-8,15-16,18H2,1H3,(H,31,33)/t26-,27+/m0/s1. The Morgan fingerprint density at radius 1 is 1.09 bits per heavy atom. The molecule has 2 amide bonds. The third-order valence-corrected chi connectivity index (χ3v) is 7.72. The summed E-state index contributed by atoms with van der Waals surface area (Å²) in [5, 5.41) is 3.02. The van der Waals surface area contributed by atoms with Crippen LogP contribution in [-0.4, -0.2) is 35.9 Å². The predicted molar refractivity (Wildman–Crippen MR) is 133 cm³/mol. The summed E-state index contributed by atoms with van der Waals surface area (Å²) in [7, 11) is 0. The Balaban J connectivity index is 1.43. The van der Waals surface area contributed by atoms with Crippen molar-refractivity contribution < 1.29 is 18.7 Å². The normalized spacial score (nSPS) is 20.9. The summed E-state index contributed by atoms with van der Waals surface area (Å²) in [4.78, 5) is 28.2. The molecule has 1 N–H and O–H groups in total. The Hall–Kier alpha value is -2.89.